The monoisotopic (exact) mass is 482 g/mol. The van der Waals surface area contributed by atoms with Crippen LogP contribution >= 0.6 is 34.8 Å². The molecule has 2 unspecified atom stereocenters. The molecule has 0 aliphatic carbocycles. The Morgan fingerprint density at radius 3 is 2.29 bits per heavy atom. The third-order valence-corrected chi connectivity index (χ3v) is 6.26. The number of halogens is 3. The molecule has 0 aliphatic rings. The van der Waals surface area contributed by atoms with Crippen molar-refractivity contribution < 1.29 is 9.59 Å². The molecule has 2 rings (SSSR count). The van der Waals surface area contributed by atoms with E-state index in [1.807, 2.05) is 39.0 Å². The van der Waals surface area contributed by atoms with Gasteiger partial charge in [0.15, 0.2) is 0 Å². The lowest BCUT2D eigenvalue weighted by molar-refractivity contribution is -0.141. The summed E-state index contributed by atoms with van der Waals surface area (Å²) in [5, 5.41) is 4.62. The van der Waals surface area contributed by atoms with Gasteiger partial charge in [0.2, 0.25) is 11.8 Å². The molecule has 2 amide bonds. The third-order valence-electron chi connectivity index (χ3n) is 5.31. The highest BCUT2D eigenvalue weighted by Crippen LogP contribution is 2.25. The zero-order chi connectivity index (χ0) is 23.0. The molecule has 0 bridgehead atoms. The molecule has 1 N–H and O–H groups in total. The summed E-state index contributed by atoms with van der Waals surface area (Å²) in [5.74, 6) is -0.287. The minimum absolute atomic E-state index is 0.0285. The van der Waals surface area contributed by atoms with Gasteiger partial charge in [-0.2, -0.15) is 0 Å². The summed E-state index contributed by atoms with van der Waals surface area (Å²) in [6.45, 7) is 6.08. The molecule has 0 saturated carbocycles. The second-order valence-electron chi connectivity index (χ2n) is 7.59. The zero-order valence-corrected chi connectivity index (χ0v) is 20.4. The van der Waals surface area contributed by atoms with Gasteiger partial charge in [0.05, 0.1) is 0 Å². The van der Waals surface area contributed by atoms with E-state index in [1.54, 1.807) is 29.2 Å². The van der Waals surface area contributed by atoms with Gasteiger partial charge in [0.25, 0.3) is 0 Å². The lowest BCUT2D eigenvalue weighted by Gasteiger charge is -2.32. The molecule has 0 fully saturated rings. The van der Waals surface area contributed by atoms with E-state index in [9.17, 15) is 9.59 Å². The molecule has 0 radical (unpaired) electrons. The van der Waals surface area contributed by atoms with Crippen molar-refractivity contribution in [3.05, 3.63) is 68.7 Å². The van der Waals surface area contributed by atoms with E-state index in [4.69, 9.17) is 34.8 Å². The number of hydrogen-bond donors (Lipinski definition) is 1. The van der Waals surface area contributed by atoms with Crippen LogP contribution in [-0.4, -0.2) is 28.8 Å². The minimum Gasteiger partial charge on any atom is -0.352 e. The normalized spacial score (nSPS) is 12.8. The Morgan fingerprint density at radius 1 is 0.968 bits per heavy atom. The SMILES string of the molecule is CCC(C)NC(=O)C(CC)N(Cc1ccc(Cl)cc1Cl)C(=O)CCc1ccccc1Cl. The fourth-order valence-corrected chi connectivity index (χ4v) is 3.98. The Hall–Kier alpha value is -1.75. The van der Waals surface area contributed by atoms with Gasteiger partial charge < -0.3 is 10.2 Å². The van der Waals surface area contributed by atoms with Crippen LogP contribution in [0.3, 0.4) is 0 Å². The molecule has 0 spiro atoms. The van der Waals surface area contributed by atoms with Crippen LogP contribution in [0.4, 0.5) is 0 Å². The summed E-state index contributed by atoms with van der Waals surface area (Å²) in [7, 11) is 0. The van der Waals surface area contributed by atoms with E-state index in [-0.39, 0.29) is 30.8 Å². The lowest BCUT2D eigenvalue weighted by atomic mass is 10.1. The highest BCUT2D eigenvalue weighted by Gasteiger charge is 2.29. The van der Waals surface area contributed by atoms with Gasteiger partial charge in [-0.05, 0) is 55.5 Å². The van der Waals surface area contributed by atoms with Crippen LogP contribution < -0.4 is 5.32 Å². The van der Waals surface area contributed by atoms with E-state index >= 15 is 0 Å². The van der Waals surface area contributed by atoms with Crippen LogP contribution in [0.1, 0.15) is 51.2 Å². The van der Waals surface area contributed by atoms with Gasteiger partial charge in [-0.1, -0.05) is 72.9 Å². The number of amides is 2. The molecular formula is C24H29Cl3N2O2. The fourth-order valence-electron chi connectivity index (χ4n) is 3.28. The Morgan fingerprint density at radius 2 is 1.68 bits per heavy atom. The second-order valence-corrected chi connectivity index (χ2v) is 8.84. The van der Waals surface area contributed by atoms with E-state index < -0.39 is 6.04 Å². The largest absolute Gasteiger partial charge is 0.352 e. The number of aryl methyl sites for hydroxylation is 1. The molecule has 7 heteroatoms. The first-order chi connectivity index (χ1) is 14.8. The van der Waals surface area contributed by atoms with Gasteiger partial charge in [0.1, 0.15) is 6.04 Å². The van der Waals surface area contributed by atoms with E-state index in [2.05, 4.69) is 5.32 Å². The van der Waals surface area contributed by atoms with Crippen LogP contribution in [0.15, 0.2) is 42.5 Å². The van der Waals surface area contributed by atoms with Crippen molar-refractivity contribution in [1.29, 1.82) is 0 Å². The smallest absolute Gasteiger partial charge is 0.243 e. The molecule has 0 aliphatic heterocycles. The Labute approximate surface area is 199 Å². The molecule has 0 saturated heterocycles. The standard InChI is InChI=1S/C24H29Cl3N2O2/c1-4-16(3)28-24(31)22(5-2)29(15-18-10-12-19(25)14-21(18)27)23(30)13-11-17-8-6-7-9-20(17)26/h6-10,12,14,16,22H,4-5,11,13,15H2,1-3H3,(H,28,31). The first-order valence-electron chi connectivity index (χ1n) is 10.5. The highest BCUT2D eigenvalue weighted by atomic mass is 35.5. The Balaban J connectivity index is 2.27. The molecule has 31 heavy (non-hydrogen) atoms. The van der Waals surface area contributed by atoms with Crippen molar-refractivity contribution in [2.45, 2.75) is 65.1 Å². The maximum atomic E-state index is 13.3. The van der Waals surface area contributed by atoms with E-state index in [0.29, 0.717) is 27.9 Å². The summed E-state index contributed by atoms with van der Waals surface area (Å²) in [5.41, 5.74) is 1.64. The number of rotatable bonds is 10. The zero-order valence-electron chi connectivity index (χ0n) is 18.1. The number of carbonyl (C=O) groups is 2. The van der Waals surface area contributed by atoms with E-state index in [0.717, 1.165) is 17.5 Å². The van der Waals surface area contributed by atoms with Crippen LogP contribution in [-0.2, 0) is 22.6 Å². The van der Waals surface area contributed by atoms with Crippen molar-refractivity contribution in [1.82, 2.24) is 10.2 Å². The first kappa shape index (κ1) is 25.5. The lowest BCUT2D eigenvalue weighted by Crippen LogP contribution is -2.50. The molecular weight excluding hydrogens is 455 g/mol. The Bertz CT molecular complexity index is 904. The first-order valence-corrected chi connectivity index (χ1v) is 11.7. The van der Waals surface area contributed by atoms with Gasteiger partial charge in [-0.3, -0.25) is 9.59 Å². The highest BCUT2D eigenvalue weighted by molar-refractivity contribution is 6.35. The minimum atomic E-state index is -0.598. The molecule has 2 aromatic carbocycles. The van der Waals surface area contributed by atoms with Crippen molar-refractivity contribution in [3.8, 4) is 0 Å². The number of nitrogens with one attached hydrogen (secondary N) is 1. The molecule has 0 heterocycles. The summed E-state index contributed by atoms with van der Waals surface area (Å²) in [4.78, 5) is 27.9. The van der Waals surface area contributed by atoms with E-state index in [1.165, 1.54) is 0 Å². The van der Waals surface area contributed by atoms with Crippen LogP contribution in [0.5, 0.6) is 0 Å². The predicted octanol–water partition coefficient (Wildman–Crippen LogP) is 6.30. The van der Waals surface area contributed by atoms with Gasteiger partial charge in [0, 0.05) is 34.1 Å². The van der Waals surface area contributed by atoms with Crippen LogP contribution in [0, 0.1) is 0 Å². The summed E-state index contributed by atoms with van der Waals surface area (Å²) < 4.78 is 0. The predicted molar refractivity (Wildman–Crippen MR) is 129 cm³/mol. The van der Waals surface area contributed by atoms with Crippen LogP contribution in [0.25, 0.3) is 0 Å². The number of hydrogen-bond acceptors (Lipinski definition) is 2. The third kappa shape index (κ3) is 7.41. The number of benzene rings is 2. The van der Waals surface area contributed by atoms with Crippen molar-refractivity contribution in [2.24, 2.45) is 0 Å². The molecule has 2 aromatic rings. The topological polar surface area (TPSA) is 49.4 Å². The number of nitrogens with zero attached hydrogens (tertiary/aromatic N) is 1. The quantitative estimate of drug-likeness (QED) is 0.431. The van der Waals surface area contributed by atoms with Crippen LogP contribution in [0.2, 0.25) is 15.1 Å². The molecule has 168 valence electrons. The number of carbonyl (C=O) groups excluding carboxylic acids is 2. The van der Waals surface area contributed by atoms with Gasteiger partial charge >= 0.3 is 0 Å². The van der Waals surface area contributed by atoms with Crippen molar-refractivity contribution in [2.75, 3.05) is 0 Å². The summed E-state index contributed by atoms with van der Waals surface area (Å²) in [6.07, 6.45) is 2.03. The van der Waals surface area contributed by atoms with Gasteiger partial charge in [-0.25, -0.2) is 0 Å². The average Bonchev–Trinajstić information content (AvgIpc) is 2.74. The second kappa shape index (κ2) is 12.3. The molecule has 2 atom stereocenters. The van der Waals surface area contributed by atoms with Gasteiger partial charge in [-0.15, -0.1) is 0 Å². The molecule has 0 aromatic heterocycles. The maximum Gasteiger partial charge on any atom is 0.243 e. The summed E-state index contributed by atoms with van der Waals surface area (Å²) >= 11 is 18.6. The molecule has 4 nitrogen and oxygen atoms in total. The maximum absolute atomic E-state index is 13.3. The van der Waals surface area contributed by atoms with Crippen molar-refractivity contribution >= 4 is 46.6 Å². The fraction of sp³-hybridized carbons (Fsp3) is 0.417. The van der Waals surface area contributed by atoms with Crippen molar-refractivity contribution in [3.63, 3.8) is 0 Å². The Kier molecular flexibility index (Phi) is 10.1. The summed E-state index contributed by atoms with van der Waals surface area (Å²) in [6, 6.07) is 12.1. The average molecular weight is 484 g/mol.